The summed E-state index contributed by atoms with van der Waals surface area (Å²) in [5, 5.41) is 11.8. The number of carbonyl (C=O) groups excluding carboxylic acids is 1. The fraction of sp³-hybridized carbons (Fsp3) is 0.520. The molecule has 1 aromatic carbocycles. The number of anilines is 1. The van der Waals surface area contributed by atoms with Gasteiger partial charge in [0, 0.05) is 32.0 Å². The van der Waals surface area contributed by atoms with E-state index < -0.39 is 0 Å². The number of amides is 1. The Balaban J connectivity index is 0.000000282. The number of nitrogens with zero attached hydrogens (tertiary/aromatic N) is 2. The van der Waals surface area contributed by atoms with Crippen molar-refractivity contribution in [3.63, 3.8) is 0 Å². The van der Waals surface area contributed by atoms with Crippen LogP contribution in [0.5, 0.6) is 0 Å². The van der Waals surface area contributed by atoms with Gasteiger partial charge in [-0.1, -0.05) is 25.3 Å². The normalized spacial score (nSPS) is 20.8. The lowest BCUT2D eigenvalue weighted by Gasteiger charge is -2.38. The SMILES string of the molecule is O=C1NCCC12CCN(c1cc(-c3ccncc3)ccc1F)CC2.OC1CCCCC1. The highest BCUT2D eigenvalue weighted by Gasteiger charge is 2.44. The Bertz CT molecular complexity index is 876. The third kappa shape index (κ3) is 5.06. The summed E-state index contributed by atoms with van der Waals surface area (Å²) in [6.45, 7) is 2.19. The number of aliphatic hydroxyl groups excluding tert-OH is 1. The van der Waals surface area contributed by atoms with Crippen molar-refractivity contribution in [2.45, 2.75) is 57.5 Å². The minimum absolute atomic E-state index is 0.0359. The van der Waals surface area contributed by atoms with E-state index in [4.69, 9.17) is 5.11 Å². The predicted octanol–water partition coefficient (Wildman–Crippen LogP) is 4.31. The molecule has 166 valence electrons. The maximum Gasteiger partial charge on any atom is 0.226 e. The molecular formula is C25H32FN3O2. The monoisotopic (exact) mass is 425 g/mol. The highest BCUT2D eigenvalue weighted by Crippen LogP contribution is 2.40. The smallest absolute Gasteiger partial charge is 0.226 e. The lowest BCUT2D eigenvalue weighted by atomic mass is 9.77. The molecule has 5 nitrogen and oxygen atoms in total. The van der Waals surface area contributed by atoms with E-state index in [1.807, 2.05) is 18.2 Å². The molecule has 2 N–H and O–H groups in total. The molecule has 0 unspecified atom stereocenters. The first-order valence-electron chi connectivity index (χ1n) is 11.5. The molecule has 5 rings (SSSR count). The zero-order chi connectivity index (χ0) is 21.7. The molecule has 3 aliphatic rings. The number of piperidine rings is 1. The maximum absolute atomic E-state index is 14.4. The van der Waals surface area contributed by atoms with Crippen molar-refractivity contribution in [2.75, 3.05) is 24.5 Å². The Hall–Kier alpha value is -2.47. The van der Waals surface area contributed by atoms with Gasteiger partial charge in [-0.25, -0.2) is 4.39 Å². The van der Waals surface area contributed by atoms with Crippen molar-refractivity contribution in [1.82, 2.24) is 10.3 Å². The predicted molar refractivity (Wildman–Crippen MR) is 120 cm³/mol. The van der Waals surface area contributed by atoms with E-state index in [0.29, 0.717) is 18.8 Å². The minimum atomic E-state index is -0.227. The molecule has 3 heterocycles. The molecule has 1 spiro atoms. The van der Waals surface area contributed by atoms with Crippen LogP contribution in [0.1, 0.15) is 51.4 Å². The van der Waals surface area contributed by atoms with Gasteiger partial charge in [0.1, 0.15) is 5.82 Å². The Morgan fingerprint density at radius 3 is 2.29 bits per heavy atom. The maximum atomic E-state index is 14.4. The first-order chi connectivity index (χ1) is 15.1. The fourth-order valence-corrected chi connectivity index (χ4v) is 4.93. The topological polar surface area (TPSA) is 65.5 Å². The summed E-state index contributed by atoms with van der Waals surface area (Å²) in [6, 6.07) is 9.06. The highest BCUT2D eigenvalue weighted by molar-refractivity contribution is 5.85. The van der Waals surface area contributed by atoms with Crippen molar-refractivity contribution in [1.29, 1.82) is 0 Å². The lowest BCUT2D eigenvalue weighted by molar-refractivity contribution is -0.128. The van der Waals surface area contributed by atoms with Gasteiger partial charge in [0.05, 0.1) is 17.2 Å². The van der Waals surface area contributed by atoms with Gasteiger partial charge in [-0.05, 0) is 67.5 Å². The Labute approximate surface area is 183 Å². The van der Waals surface area contributed by atoms with Gasteiger partial charge in [-0.15, -0.1) is 0 Å². The zero-order valence-electron chi connectivity index (χ0n) is 18.0. The van der Waals surface area contributed by atoms with Crippen LogP contribution in [0.4, 0.5) is 10.1 Å². The highest BCUT2D eigenvalue weighted by atomic mass is 19.1. The number of pyridine rings is 1. The number of rotatable bonds is 2. The molecule has 6 heteroatoms. The van der Waals surface area contributed by atoms with E-state index in [1.54, 1.807) is 18.5 Å². The third-order valence-corrected chi connectivity index (χ3v) is 6.97. The van der Waals surface area contributed by atoms with Crippen molar-refractivity contribution in [2.24, 2.45) is 5.41 Å². The van der Waals surface area contributed by atoms with Crippen LogP contribution in [0.2, 0.25) is 0 Å². The number of nitrogens with one attached hydrogen (secondary N) is 1. The number of aliphatic hydroxyl groups is 1. The van der Waals surface area contributed by atoms with Crippen molar-refractivity contribution in [3.8, 4) is 11.1 Å². The van der Waals surface area contributed by atoms with Crippen molar-refractivity contribution >= 4 is 11.6 Å². The van der Waals surface area contributed by atoms with Crippen LogP contribution in [0, 0.1) is 11.2 Å². The second-order valence-electron chi connectivity index (χ2n) is 8.97. The van der Waals surface area contributed by atoms with Crippen LogP contribution in [0.15, 0.2) is 42.7 Å². The van der Waals surface area contributed by atoms with Crippen LogP contribution < -0.4 is 10.2 Å². The summed E-state index contributed by atoms with van der Waals surface area (Å²) in [4.78, 5) is 18.2. The molecule has 0 bridgehead atoms. The van der Waals surface area contributed by atoms with Crippen LogP contribution in [0.25, 0.3) is 11.1 Å². The van der Waals surface area contributed by atoms with Gasteiger partial charge in [-0.2, -0.15) is 0 Å². The number of carbonyl (C=O) groups is 1. The van der Waals surface area contributed by atoms with E-state index in [9.17, 15) is 9.18 Å². The zero-order valence-corrected chi connectivity index (χ0v) is 18.0. The standard InChI is InChI=1S/C19H20FN3O.C6H12O/c20-16-2-1-15(14-3-8-21-9-4-14)13-17(16)23-11-6-19(7-12-23)5-10-22-18(19)24;7-6-4-2-1-3-5-6/h1-4,8-9,13H,5-7,10-12H2,(H,22,24);6-7H,1-5H2. The molecule has 31 heavy (non-hydrogen) atoms. The molecule has 0 atom stereocenters. The Morgan fingerprint density at radius 2 is 1.71 bits per heavy atom. The van der Waals surface area contributed by atoms with Crippen molar-refractivity contribution < 1.29 is 14.3 Å². The van der Waals surface area contributed by atoms with Gasteiger partial charge in [0.2, 0.25) is 5.91 Å². The molecule has 1 aliphatic carbocycles. The van der Waals surface area contributed by atoms with Gasteiger partial charge in [0.25, 0.3) is 0 Å². The van der Waals surface area contributed by atoms with E-state index in [-0.39, 0.29) is 23.2 Å². The molecule has 1 amide bonds. The summed E-state index contributed by atoms with van der Waals surface area (Å²) < 4.78 is 14.4. The average Bonchev–Trinajstić information content (AvgIpc) is 3.16. The molecule has 2 aliphatic heterocycles. The second-order valence-corrected chi connectivity index (χ2v) is 8.97. The molecule has 0 radical (unpaired) electrons. The first-order valence-corrected chi connectivity index (χ1v) is 11.5. The van der Waals surface area contributed by atoms with Gasteiger partial charge >= 0.3 is 0 Å². The summed E-state index contributed by atoms with van der Waals surface area (Å²) in [5.41, 5.74) is 2.40. The Morgan fingerprint density at radius 1 is 1.00 bits per heavy atom. The summed E-state index contributed by atoms with van der Waals surface area (Å²) in [7, 11) is 0. The van der Waals surface area contributed by atoms with Crippen LogP contribution in [0.3, 0.4) is 0 Å². The molecule has 3 fully saturated rings. The van der Waals surface area contributed by atoms with Crippen LogP contribution in [-0.4, -0.2) is 41.7 Å². The van der Waals surface area contributed by atoms with Crippen LogP contribution >= 0.6 is 0 Å². The lowest BCUT2D eigenvalue weighted by Crippen LogP contribution is -2.44. The second kappa shape index (κ2) is 9.77. The summed E-state index contributed by atoms with van der Waals surface area (Å²) in [6.07, 6.45) is 11.9. The molecule has 2 aromatic rings. The van der Waals surface area contributed by atoms with Gasteiger partial charge in [0.15, 0.2) is 0 Å². The Kier molecular flexibility index (Phi) is 6.86. The molecular weight excluding hydrogens is 393 g/mol. The van der Waals surface area contributed by atoms with E-state index in [0.717, 1.165) is 49.8 Å². The number of hydrogen-bond donors (Lipinski definition) is 2. The molecule has 2 saturated heterocycles. The quantitative estimate of drug-likeness (QED) is 0.753. The number of benzene rings is 1. The van der Waals surface area contributed by atoms with Crippen LogP contribution in [-0.2, 0) is 4.79 Å². The number of halogens is 1. The number of hydrogen-bond acceptors (Lipinski definition) is 4. The van der Waals surface area contributed by atoms with Gasteiger partial charge in [-0.3, -0.25) is 9.78 Å². The largest absolute Gasteiger partial charge is 0.393 e. The summed E-state index contributed by atoms with van der Waals surface area (Å²) in [5.74, 6) is -0.0345. The van der Waals surface area contributed by atoms with E-state index in [2.05, 4.69) is 15.2 Å². The number of aromatic nitrogens is 1. The first kappa shape index (κ1) is 21.8. The average molecular weight is 426 g/mol. The third-order valence-electron chi connectivity index (χ3n) is 6.97. The molecule has 1 aromatic heterocycles. The van der Waals surface area contributed by atoms with E-state index in [1.165, 1.54) is 25.3 Å². The van der Waals surface area contributed by atoms with Gasteiger partial charge < -0.3 is 15.3 Å². The summed E-state index contributed by atoms with van der Waals surface area (Å²) >= 11 is 0. The van der Waals surface area contributed by atoms with E-state index >= 15 is 0 Å². The minimum Gasteiger partial charge on any atom is -0.393 e. The molecule has 1 saturated carbocycles. The van der Waals surface area contributed by atoms with Crippen molar-refractivity contribution in [3.05, 3.63) is 48.5 Å². The fourth-order valence-electron chi connectivity index (χ4n) is 4.93.